The zero-order valence-corrected chi connectivity index (χ0v) is 28.0. The summed E-state index contributed by atoms with van der Waals surface area (Å²) in [4.78, 5) is 49.8. The minimum absolute atomic E-state index is 0.0524. The number of aliphatic hydroxyl groups is 1. The molecule has 7 atom stereocenters. The van der Waals surface area contributed by atoms with Crippen LogP contribution < -0.4 is 4.90 Å². The van der Waals surface area contributed by atoms with E-state index in [0.29, 0.717) is 30.2 Å². The maximum atomic E-state index is 15.1. The van der Waals surface area contributed by atoms with E-state index in [4.69, 9.17) is 11.6 Å². The van der Waals surface area contributed by atoms with Crippen LogP contribution in [0.1, 0.15) is 30.5 Å². The van der Waals surface area contributed by atoms with Gasteiger partial charge in [0.05, 0.1) is 39.9 Å². The predicted molar refractivity (Wildman–Crippen MR) is 188 cm³/mol. The summed E-state index contributed by atoms with van der Waals surface area (Å²) in [7, 11) is 0. The van der Waals surface area contributed by atoms with Gasteiger partial charge in [-0.05, 0) is 35.6 Å². The summed E-state index contributed by atoms with van der Waals surface area (Å²) in [6, 6.07) is 24.5. The number of carbonyl (C=O) groups is 3. The molecular formula is C38H40ClN3O4S. The largest absolute Gasteiger partial charge is 0.394 e. The number of hydrogen-bond acceptors (Lipinski definition) is 5. The number of anilines is 1. The Bertz CT molecular complexity index is 1650. The van der Waals surface area contributed by atoms with Gasteiger partial charge in [0.2, 0.25) is 11.8 Å². The van der Waals surface area contributed by atoms with Gasteiger partial charge >= 0.3 is 0 Å². The van der Waals surface area contributed by atoms with Crippen LogP contribution in [0.4, 0.5) is 5.69 Å². The second kappa shape index (κ2) is 13.7. The van der Waals surface area contributed by atoms with Gasteiger partial charge in [0.15, 0.2) is 0 Å². The number of thioether (sulfide) groups is 1. The number of amides is 3. The van der Waals surface area contributed by atoms with E-state index >= 15 is 9.59 Å². The van der Waals surface area contributed by atoms with Crippen molar-refractivity contribution in [2.75, 3.05) is 24.6 Å². The van der Waals surface area contributed by atoms with E-state index < -0.39 is 28.7 Å². The summed E-state index contributed by atoms with van der Waals surface area (Å²) < 4.78 is -0.894. The van der Waals surface area contributed by atoms with Crippen LogP contribution in [-0.4, -0.2) is 68.4 Å². The van der Waals surface area contributed by atoms with Crippen LogP contribution in [0.15, 0.2) is 110 Å². The van der Waals surface area contributed by atoms with Crippen molar-refractivity contribution >= 4 is 46.8 Å². The Hall–Kier alpha value is -3.85. The van der Waals surface area contributed by atoms with E-state index in [1.807, 2.05) is 66.7 Å². The van der Waals surface area contributed by atoms with Gasteiger partial charge in [-0.3, -0.25) is 14.4 Å². The number of benzene rings is 3. The lowest BCUT2D eigenvalue weighted by molar-refractivity contribution is -0.146. The van der Waals surface area contributed by atoms with Gasteiger partial charge in [0.1, 0.15) is 6.04 Å². The fourth-order valence-electron chi connectivity index (χ4n) is 8.04. The molecule has 0 radical (unpaired) electrons. The highest BCUT2D eigenvalue weighted by Crippen LogP contribution is 2.69. The van der Waals surface area contributed by atoms with E-state index in [2.05, 4.69) is 20.1 Å². The molecule has 7 nitrogen and oxygen atoms in total. The van der Waals surface area contributed by atoms with Crippen molar-refractivity contribution in [1.82, 2.24) is 9.80 Å². The van der Waals surface area contributed by atoms with Crippen molar-refractivity contribution in [2.24, 2.45) is 17.8 Å². The first kappa shape index (κ1) is 33.1. The Morgan fingerprint density at radius 3 is 2.28 bits per heavy atom. The second-order valence-electron chi connectivity index (χ2n) is 12.6. The summed E-state index contributed by atoms with van der Waals surface area (Å²) in [5, 5.41) is 11.2. The number of likely N-dealkylation sites (tertiary alicyclic amines) is 1. The van der Waals surface area contributed by atoms with Crippen LogP contribution >= 0.6 is 23.4 Å². The first-order chi connectivity index (χ1) is 22.8. The van der Waals surface area contributed by atoms with Gasteiger partial charge in [-0.2, -0.15) is 0 Å². The smallest absolute Gasteiger partial charge is 0.251 e. The third-order valence-corrected chi connectivity index (χ3v) is 12.4. The maximum absolute atomic E-state index is 15.1. The van der Waals surface area contributed by atoms with E-state index in [1.165, 1.54) is 0 Å². The molecule has 1 spiro atoms. The Balaban J connectivity index is 1.48. The van der Waals surface area contributed by atoms with Crippen molar-refractivity contribution in [3.63, 3.8) is 0 Å². The van der Waals surface area contributed by atoms with Crippen molar-refractivity contribution < 1.29 is 19.5 Å². The Morgan fingerprint density at radius 2 is 1.64 bits per heavy atom. The third kappa shape index (κ3) is 5.60. The first-order valence-corrected chi connectivity index (χ1v) is 17.3. The number of carbonyl (C=O) groups excluding carboxylic acids is 3. The lowest BCUT2D eigenvalue weighted by Gasteiger charge is -2.42. The topological polar surface area (TPSA) is 81.2 Å². The zero-order chi connectivity index (χ0) is 33.3. The monoisotopic (exact) mass is 669 g/mol. The van der Waals surface area contributed by atoms with E-state index in [9.17, 15) is 9.90 Å². The molecule has 0 aromatic heterocycles. The molecule has 3 aliphatic heterocycles. The van der Waals surface area contributed by atoms with E-state index in [0.717, 1.165) is 11.1 Å². The second-order valence-corrected chi connectivity index (χ2v) is 14.5. The van der Waals surface area contributed by atoms with Crippen LogP contribution in [0.3, 0.4) is 0 Å². The van der Waals surface area contributed by atoms with Gasteiger partial charge < -0.3 is 19.8 Å². The molecule has 3 aromatic rings. The standard InChI is InChI=1S/C38H40ClN3O4S/c1-4-20-40(23-26-14-8-6-9-15-26)35(44)32-31-22-25(3)38(47-31)33(32)36(45)42(30(24-43)27-16-10-7-11-17-27)34(38)37(46)41(21-5-2)29-19-13-12-18-28(29)39/h4-19,25,30-34,43H,1-2,20-24H2,3H3/t25?,30-,31+,32-,33+,34?,38?/m1/s1. The minimum atomic E-state index is -0.960. The SMILES string of the molecule is C=CCN(Cc1ccccc1)C(=O)[C@@H]1[C@@H]2CC(C)C3(S2)C(C(=O)N(CC=C)c2ccccc2Cl)N([C@H](CO)c2ccccc2)C(=O)[C@H]13. The highest BCUT2D eigenvalue weighted by atomic mass is 35.5. The van der Waals surface area contributed by atoms with E-state index in [-0.39, 0.29) is 42.0 Å². The number of rotatable bonds is 12. The highest BCUT2D eigenvalue weighted by molar-refractivity contribution is 8.02. The van der Waals surface area contributed by atoms with Crippen molar-refractivity contribution in [1.29, 1.82) is 0 Å². The molecule has 47 heavy (non-hydrogen) atoms. The molecule has 3 heterocycles. The van der Waals surface area contributed by atoms with E-state index in [1.54, 1.807) is 56.8 Å². The molecule has 3 fully saturated rings. The molecule has 0 aliphatic carbocycles. The normalized spacial score (nSPS) is 26.5. The first-order valence-electron chi connectivity index (χ1n) is 16.0. The Kier molecular flexibility index (Phi) is 9.65. The molecule has 1 N–H and O–H groups in total. The van der Waals surface area contributed by atoms with Gasteiger partial charge in [-0.25, -0.2) is 0 Å². The molecule has 244 valence electrons. The Morgan fingerprint density at radius 1 is 1.00 bits per heavy atom. The summed E-state index contributed by atoms with van der Waals surface area (Å²) in [5.41, 5.74) is 2.22. The van der Waals surface area contributed by atoms with Gasteiger partial charge in [-0.15, -0.1) is 24.9 Å². The Labute approximate surface area is 285 Å². The summed E-state index contributed by atoms with van der Waals surface area (Å²) in [5.74, 6) is -2.12. The van der Waals surface area contributed by atoms with Gasteiger partial charge in [-0.1, -0.05) is 103 Å². The number of fused-ring (bicyclic) bond motifs is 1. The predicted octanol–water partition coefficient (Wildman–Crippen LogP) is 6.14. The summed E-state index contributed by atoms with van der Waals surface area (Å²) in [6.07, 6.45) is 4.05. The number of para-hydroxylation sites is 1. The molecule has 0 saturated carbocycles. The molecule has 2 bridgehead atoms. The third-order valence-electron chi connectivity index (χ3n) is 9.99. The van der Waals surface area contributed by atoms with Crippen LogP contribution in [-0.2, 0) is 20.9 Å². The molecule has 6 rings (SSSR count). The number of halogens is 1. The molecule has 3 amide bonds. The van der Waals surface area contributed by atoms with Crippen LogP contribution in [0.5, 0.6) is 0 Å². The average Bonchev–Trinajstić information content (AvgIpc) is 3.68. The van der Waals surface area contributed by atoms with Crippen LogP contribution in [0.2, 0.25) is 5.02 Å². The molecule has 3 aromatic carbocycles. The lowest BCUT2D eigenvalue weighted by atomic mass is 9.65. The molecule has 3 aliphatic rings. The maximum Gasteiger partial charge on any atom is 0.251 e. The number of aliphatic hydroxyl groups excluding tert-OH is 1. The lowest BCUT2D eigenvalue weighted by Crippen LogP contribution is -2.58. The molecule has 9 heteroatoms. The van der Waals surface area contributed by atoms with Gasteiger partial charge in [0.25, 0.3) is 5.91 Å². The minimum Gasteiger partial charge on any atom is -0.394 e. The highest BCUT2D eigenvalue weighted by Gasteiger charge is 2.77. The van der Waals surface area contributed by atoms with Crippen LogP contribution in [0.25, 0.3) is 0 Å². The van der Waals surface area contributed by atoms with Gasteiger partial charge in [0, 0.05) is 24.9 Å². The molecule has 3 unspecified atom stereocenters. The summed E-state index contributed by atoms with van der Waals surface area (Å²) in [6.45, 7) is 10.4. The average molecular weight is 670 g/mol. The van der Waals surface area contributed by atoms with Crippen molar-refractivity contribution in [3.05, 3.63) is 126 Å². The number of nitrogens with zero attached hydrogens (tertiary/aromatic N) is 3. The fourth-order valence-corrected chi connectivity index (χ4v) is 10.7. The molecule has 3 saturated heterocycles. The number of hydrogen-bond donors (Lipinski definition) is 1. The van der Waals surface area contributed by atoms with Crippen LogP contribution in [0, 0.1) is 17.8 Å². The van der Waals surface area contributed by atoms with Crippen molar-refractivity contribution in [3.8, 4) is 0 Å². The summed E-state index contributed by atoms with van der Waals surface area (Å²) >= 11 is 8.27. The fraction of sp³-hybridized carbons (Fsp3) is 0.342. The zero-order valence-electron chi connectivity index (χ0n) is 26.5. The van der Waals surface area contributed by atoms with Crippen molar-refractivity contribution in [2.45, 2.75) is 42.0 Å². The molecular weight excluding hydrogens is 630 g/mol. The quantitative estimate of drug-likeness (QED) is 0.234.